The van der Waals surface area contributed by atoms with Gasteiger partial charge in [0, 0.05) is 5.10 Å². The topological polar surface area (TPSA) is 30.9 Å². The first-order chi connectivity index (χ1) is 9.50. The first-order valence-corrected chi connectivity index (χ1v) is 5.58. The zero-order valence-electron chi connectivity index (χ0n) is 9.84. The third-order valence-electron chi connectivity index (χ3n) is 2.93. The number of halogens is 5. The van der Waals surface area contributed by atoms with Crippen molar-refractivity contribution in [2.45, 2.75) is 13.2 Å². The summed E-state index contributed by atoms with van der Waals surface area (Å²) in [4.78, 5) is 0. The molecule has 9 heteroatoms. The van der Waals surface area contributed by atoms with Crippen LogP contribution in [-0.4, -0.2) is 16.4 Å². The minimum atomic E-state index is -2.20. The van der Waals surface area contributed by atoms with Crippen LogP contribution < -0.4 is 4.57 Å². The third kappa shape index (κ3) is 1.77. The van der Waals surface area contributed by atoms with E-state index >= 15 is 0 Å². The summed E-state index contributed by atoms with van der Waals surface area (Å²) in [7, 11) is 0. The highest BCUT2D eigenvalue weighted by molar-refractivity contribution is 5.36. The zero-order chi connectivity index (χ0) is 14.4. The molecule has 0 bridgehead atoms. The van der Waals surface area contributed by atoms with Gasteiger partial charge in [-0.15, -0.1) is 0 Å². The smallest absolute Gasteiger partial charge is 0.303 e. The molecule has 0 fully saturated rings. The molecule has 0 saturated carbocycles. The molecule has 1 aliphatic heterocycles. The van der Waals surface area contributed by atoms with Gasteiger partial charge < -0.3 is 4.74 Å². The lowest BCUT2D eigenvalue weighted by Gasteiger charge is -2.06. The van der Waals surface area contributed by atoms with Gasteiger partial charge >= 0.3 is 5.82 Å². The lowest BCUT2D eigenvalue weighted by atomic mass is 10.2. The van der Waals surface area contributed by atoms with E-state index in [9.17, 15) is 22.0 Å². The van der Waals surface area contributed by atoms with E-state index in [1.165, 1.54) is 4.57 Å². The molecule has 0 unspecified atom stereocenters. The van der Waals surface area contributed by atoms with Gasteiger partial charge in [0.15, 0.2) is 0 Å². The van der Waals surface area contributed by atoms with E-state index in [-0.39, 0.29) is 6.61 Å². The fourth-order valence-corrected chi connectivity index (χ4v) is 1.93. The van der Waals surface area contributed by atoms with Crippen molar-refractivity contribution >= 4 is 0 Å². The molecule has 3 rings (SSSR count). The summed E-state index contributed by atoms with van der Waals surface area (Å²) in [5, 5.41) is 3.77. The molecule has 1 aromatic heterocycles. The molecule has 0 radical (unpaired) electrons. The molecule has 106 valence electrons. The third-order valence-corrected chi connectivity index (χ3v) is 2.93. The average Bonchev–Trinajstić information content (AvgIpc) is 2.86. The van der Waals surface area contributed by atoms with Crippen molar-refractivity contribution in [3.63, 3.8) is 0 Å². The Bertz CT molecular complexity index is 647. The van der Waals surface area contributed by atoms with E-state index in [0.29, 0.717) is 23.7 Å². The van der Waals surface area contributed by atoms with Gasteiger partial charge in [-0.2, -0.15) is 8.78 Å². The molecule has 0 atom stereocenters. The summed E-state index contributed by atoms with van der Waals surface area (Å²) >= 11 is 0. The number of ether oxygens (including phenoxy) is 1. The van der Waals surface area contributed by atoms with Crippen LogP contribution in [0.2, 0.25) is 0 Å². The first kappa shape index (κ1) is 13.0. The van der Waals surface area contributed by atoms with Crippen LogP contribution in [0.1, 0.15) is 5.82 Å². The Morgan fingerprint density at radius 2 is 1.60 bits per heavy atom. The molecule has 0 amide bonds. The summed E-state index contributed by atoms with van der Waals surface area (Å²) in [6.45, 7) is 0.855. The van der Waals surface area contributed by atoms with Gasteiger partial charge in [0.05, 0.1) is 13.2 Å². The number of hydrogen-bond donors (Lipinski definition) is 0. The van der Waals surface area contributed by atoms with Crippen LogP contribution in [0, 0.1) is 29.1 Å². The van der Waals surface area contributed by atoms with E-state index in [2.05, 4.69) is 5.10 Å². The second-order valence-corrected chi connectivity index (χ2v) is 4.14. The molecule has 4 nitrogen and oxygen atoms in total. The molecule has 1 aliphatic rings. The number of hydrogen-bond acceptors (Lipinski definition) is 2. The Kier molecular flexibility index (Phi) is 2.93. The highest BCUT2D eigenvalue weighted by Gasteiger charge is 2.32. The van der Waals surface area contributed by atoms with Gasteiger partial charge in [0.2, 0.25) is 41.1 Å². The maximum Gasteiger partial charge on any atom is 0.303 e. The molecule has 0 saturated heterocycles. The fourth-order valence-electron chi connectivity index (χ4n) is 1.93. The number of benzene rings is 1. The lowest BCUT2D eigenvalue weighted by Crippen LogP contribution is -2.42. The van der Waals surface area contributed by atoms with Crippen molar-refractivity contribution in [2.75, 3.05) is 6.61 Å². The molecular formula is C11H7F5N3O+. The van der Waals surface area contributed by atoms with Crippen LogP contribution in [0.3, 0.4) is 0 Å². The quantitative estimate of drug-likeness (QED) is 0.344. The van der Waals surface area contributed by atoms with Crippen molar-refractivity contribution in [3.05, 3.63) is 41.2 Å². The minimum Gasteiger partial charge on any atom is -0.367 e. The maximum absolute atomic E-state index is 13.6. The number of rotatable bonds is 1. The fraction of sp³-hybridized carbons (Fsp3) is 0.273. The monoisotopic (exact) mass is 292 g/mol. The van der Waals surface area contributed by atoms with Crippen molar-refractivity contribution < 1.29 is 31.3 Å². The van der Waals surface area contributed by atoms with E-state index in [1.54, 1.807) is 0 Å². The molecule has 0 N–H and O–H groups in total. The van der Waals surface area contributed by atoms with Gasteiger partial charge in [0.25, 0.3) is 0 Å². The summed E-state index contributed by atoms with van der Waals surface area (Å²) in [5.41, 5.74) is -1.11. The van der Waals surface area contributed by atoms with Crippen LogP contribution in [-0.2, 0) is 17.9 Å². The summed E-state index contributed by atoms with van der Waals surface area (Å²) < 4.78 is 73.7. The van der Waals surface area contributed by atoms with Gasteiger partial charge in [-0.05, 0) is 0 Å². The maximum atomic E-state index is 13.6. The summed E-state index contributed by atoms with van der Waals surface area (Å²) in [5.74, 6) is -9.73. The normalized spacial score (nSPS) is 14.4. The molecule has 0 spiro atoms. The Balaban J connectivity index is 2.22. The Labute approximate surface area is 109 Å². The first-order valence-electron chi connectivity index (χ1n) is 5.58. The number of fused-ring (bicyclic) bond motifs is 1. The van der Waals surface area contributed by atoms with Gasteiger partial charge in [-0.1, -0.05) is 4.68 Å². The SMILES string of the molecule is Fc1c(F)c(F)c(-n2c[n+]3c(n2)COCC3)c(F)c1F. The van der Waals surface area contributed by atoms with E-state index in [1.807, 2.05) is 0 Å². The van der Waals surface area contributed by atoms with Crippen molar-refractivity contribution in [2.24, 2.45) is 0 Å². The van der Waals surface area contributed by atoms with E-state index in [0.717, 1.165) is 6.33 Å². The van der Waals surface area contributed by atoms with Gasteiger partial charge in [0.1, 0.15) is 6.61 Å². The van der Waals surface area contributed by atoms with Gasteiger partial charge in [-0.3, -0.25) is 0 Å². The minimum absolute atomic E-state index is 0.0996. The Hall–Kier alpha value is -2.03. The van der Waals surface area contributed by atoms with Gasteiger partial charge in [-0.25, -0.2) is 17.7 Å². The number of nitrogens with zero attached hydrogens (tertiary/aromatic N) is 3. The summed E-state index contributed by atoms with van der Waals surface area (Å²) in [6.07, 6.45) is 1.16. The standard InChI is InChI=1S/C11H7F5N3O/c12-6-7(13)9(15)11(10(16)8(6)14)19-4-18-1-2-20-3-5(18)17-19/h4H,1-3H2/q+1. The Morgan fingerprint density at radius 3 is 2.20 bits per heavy atom. The highest BCUT2D eigenvalue weighted by Crippen LogP contribution is 2.25. The molecule has 2 heterocycles. The zero-order valence-corrected chi connectivity index (χ0v) is 9.84. The van der Waals surface area contributed by atoms with E-state index in [4.69, 9.17) is 4.74 Å². The molecule has 2 aromatic rings. The van der Waals surface area contributed by atoms with Crippen LogP contribution >= 0.6 is 0 Å². The average molecular weight is 292 g/mol. The van der Waals surface area contributed by atoms with Crippen molar-refractivity contribution in [1.82, 2.24) is 9.78 Å². The van der Waals surface area contributed by atoms with Crippen molar-refractivity contribution in [3.8, 4) is 5.69 Å². The highest BCUT2D eigenvalue weighted by atomic mass is 19.2. The van der Waals surface area contributed by atoms with Crippen LogP contribution in [0.25, 0.3) is 5.69 Å². The predicted octanol–water partition coefficient (Wildman–Crippen LogP) is 1.39. The second kappa shape index (κ2) is 4.51. The lowest BCUT2D eigenvalue weighted by molar-refractivity contribution is -0.717. The predicted molar refractivity (Wildman–Crippen MR) is 53.2 cm³/mol. The molecule has 1 aromatic carbocycles. The van der Waals surface area contributed by atoms with Crippen molar-refractivity contribution in [1.29, 1.82) is 0 Å². The molecular weight excluding hydrogens is 285 g/mol. The van der Waals surface area contributed by atoms with Crippen LogP contribution in [0.15, 0.2) is 6.33 Å². The Morgan fingerprint density at radius 1 is 1.00 bits per heavy atom. The molecule has 0 aliphatic carbocycles. The molecule has 20 heavy (non-hydrogen) atoms. The largest absolute Gasteiger partial charge is 0.367 e. The van der Waals surface area contributed by atoms with Crippen LogP contribution in [0.4, 0.5) is 22.0 Å². The van der Waals surface area contributed by atoms with E-state index < -0.39 is 34.8 Å². The van der Waals surface area contributed by atoms with Crippen LogP contribution in [0.5, 0.6) is 0 Å². The second-order valence-electron chi connectivity index (χ2n) is 4.14. The number of aromatic nitrogens is 3. The summed E-state index contributed by atoms with van der Waals surface area (Å²) in [6, 6.07) is 0.